The van der Waals surface area contributed by atoms with Crippen LogP contribution in [0.1, 0.15) is 17.9 Å². The normalized spacial score (nSPS) is 26.1. The summed E-state index contributed by atoms with van der Waals surface area (Å²) < 4.78 is 25.9. The van der Waals surface area contributed by atoms with Gasteiger partial charge in [-0.2, -0.15) is 0 Å². The van der Waals surface area contributed by atoms with E-state index in [4.69, 9.17) is 5.73 Å². The number of hydrogen-bond donors (Lipinski definition) is 1. The molecule has 2 rings (SSSR count). The van der Waals surface area contributed by atoms with Crippen LogP contribution in [0.5, 0.6) is 0 Å². The van der Waals surface area contributed by atoms with E-state index in [1.807, 2.05) is 0 Å². The summed E-state index contributed by atoms with van der Waals surface area (Å²) in [7, 11) is 0. The van der Waals surface area contributed by atoms with Gasteiger partial charge in [-0.05, 0) is 48.6 Å². The Hall–Kier alpha value is -0.960. The first-order valence-corrected chi connectivity index (χ1v) is 4.37. The van der Waals surface area contributed by atoms with Crippen molar-refractivity contribution in [2.45, 2.75) is 12.3 Å². The highest BCUT2D eigenvalue weighted by Crippen LogP contribution is 2.47. The smallest absolute Gasteiger partial charge is 0.126 e. The van der Waals surface area contributed by atoms with E-state index in [2.05, 4.69) is 0 Å². The van der Waals surface area contributed by atoms with Gasteiger partial charge in [-0.15, -0.1) is 0 Å². The van der Waals surface area contributed by atoms with Gasteiger partial charge in [0.1, 0.15) is 11.6 Å². The van der Waals surface area contributed by atoms with Crippen molar-refractivity contribution in [2.24, 2.45) is 11.7 Å². The van der Waals surface area contributed by atoms with E-state index in [0.717, 1.165) is 12.5 Å². The molecule has 1 aromatic carbocycles. The molecule has 1 saturated carbocycles. The lowest BCUT2D eigenvalue weighted by molar-refractivity contribution is 0.582. The third-order valence-corrected chi connectivity index (χ3v) is 2.58. The molecule has 13 heavy (non-hydrogen) atoms. The van der Waals surface area contributed by atoms with Crippen molar-refractivity contribution in [2.75, 3.05) is 6.54 Å². The van der Waals surface area contributed by atoms with Crippen molar-refractivity contribution in [3.63, 3.8) is 0 Å². The average molecular weight is 183 g/mol. The molecule has 0 heterocycles. The second-order valence-corrected chi connectivity index (χ2v) is 3.50. The summed E-state index contributed by atoms with van der Waals surface area (Å²) in [6.45, 7) is 0.556. The molecule has 0 aromatic heterocycles. The van der Waals surface area contributed by atoms with Gasteiger partial charge in [-0.1, -0.05) is 0 Å². The molecule has 0 amide bonds. The summed E-state index contributed by atoms with van der Waals surface area (Å²) in [5.41, 5.74) is 5.92. The molecule has 70 valence electrons. The first-order chi connectivity index (χ1) is 6.22. The number of halogens is 2. The van der Waals surface area contributed by atoms with Crippen molar-refractivity contribution >= 4 is 0 Å². The summed E-state index contributed by atoms with van der Waals surface area (Å²) in [6.07, 6.45) is 0.886. The lowest BCUT2D eigenvalue weighted by Crippen LogP contribution is -2.02. The minimum atomic E-state index is -0.376. The summed E-state index contributed by atoms with van der Waals surface area (Å²) in [5, 5.41) is 0. The van der Waals surface area contributed by atoms with E-state index >= 15 is 0 Å². The maximum atomic E-state index is 13.2. The quantitative estimate of drug-likeness (QED) is 0.745. The van der Waals surface area contributed by atoms with Gasteiger partial charge < -0.3 is 5.73 Å². The molecular weight excluding hydrogens is 172 g/mol. The highest BCUT2D eigenvalue weighted by atomic mass is 19.1. The Labute approximate surface area is 75.6 Å². The van der Waals surface area contributed by atoms with Gasteiger partial charge in [-0.25, -0.2) is 8.78 Å². The molecule has 0 saturated heterocycles. The van der Waals surface area contributed by atoms with Crippen LogP contribution in [-0.2, 0) is 0 Å². The first-order valence-electron chi connectivity index (χ1n) is 4.37. The predicted molar refractivity (Wildman–Crippen MR) is 46.3 cm³/mol. The number of hydrogen-bond acceptors (Lipinski definition) is 1. The average Bonchev–Trinajstić information content (AvgIpc) is 2.88. The van der Waals surface area contributed by atoms with Gasteiger partial charge in [-0.3, -0.25) is 0 Å². The lowest BCUT2D eigenvalue weighted by atomic mass is 10.1. The van der Waals surface area contributed by atoms with E-state index in [-0.39, 0.29) is 17.6 Å². The SMILES string of the molecule is NC[C@H]1C[C@H]1c1cc(F)ccc1F. The van der Waals surface area contributed by atoms with Crippen LogP contribution >= 0.6 is 0 Å². The van der Waals surface area contributed by atoms with Crippen molar-refractivity contribution in [3.05, 3.63) is 35.4 Å². The summed E-state index contributed by atoms with van der Waals surface area (Å²) in [4.78, 5) is 0. The molecule has 2 N–H and O–H groups in total. The van der Waals surface area contributed by atoms with Crippen LogP contribution in [0.4, 0.5) is 8.78 Å². The molecule has 0 radical (unpaired) electrons. The largest absolute Gasteiger partial charge is 0.330 e. The van der Waals surface area contributed by atoms with E-state index in [1.54, 1.807) is 0 Å². The van der Waals surface area contributed by atoms with Crippen molar-refractivity contribution in [1.29, 1.82) is 0 Å². The van der Waals surface area contributed by atoms with Gasteiger partial charge in [0.25, 0.3) is 0 Å². The minimum absolute atomic E-state index is 0.140. The number of benzene rings is 1. The molecule has 0 spiro atoms. The molecule has 0 unspecified atom stereocenters. The summed E-state index contributed by atoms with van der Waals surface area (Å²) in [5.74, 6) is -0.210. The Kier molecular flexibility index (Phi) is 2.04. The van der Waals surface area contributed by atoms with E-state index in [9.17, 15) is 8.78 Å². The van der Waals surface area contributed by atoms with Gasteiger partial charge >= 0.3 is 0 Å². The third kappa shape index (κ3) is 1.56. The van der Waals surface area contributed by atoms with E-state index < -0.39 is 0 Å². The van der Waals surface area contributed by atoms with Gasteiger partial charge in [0.15, 0.2) is 0 Å². The van der Waals surface area contributed by atoms with Gasteiger partial charge in [0.2, 0.25) is 0 Å². The minimum Gasteiger partial charge on any atom is -0.330 e. The fourth-order valence-electron chi connectivity index (χ4n) is 1.69. The van der Waals surface area contributed by atoms with Gasteiger partial charge in [0, 0.05) is 0 Å². The van der Waals surface area contributed by atoms with Crippen molar-refractivity contribution in [1.82, 2.24) is 0 Å². The zero-order chi connectivity index (χ0) is 9.42. The maximum absolute atomic E-state index is 13.2. The fourth-order valence-corrected chi connectivity index (χ4v) is 1.69. The lowest BCUT2D eigenvalue weighted by Gasteiger charge is -2.01. The molecule has 3 heteroatoms. The molecule has 0 aliphatic heterocycles. The monoisotopic (exact) mass is 183 g/mol. The summed E-state index contributed by atoms with van der Waals surface area (Å²) in [6, 6.07) is 3.59. The van der Waals surface area contributed by atoms with Crippen LogP contribution in [0.15, 0.2) is 18.2 Å². The Morgan fingerprint density at radius 1 is 1.38 bits per heavy atom. The van der Waals surface area contributed by atoms with E-state index in [1.165, 1.54) is 12.1 Å². The highest BCUT2D eigenvalue weighted by molar-refractivity contribution is 5.28. The molecule has 1 fully saturated rings. The molecule has 1 nitrogen and oxygen atoms in total. The van der Waals surface area contributed by atoms with Gasteiger partial charge in [0.05, 0.1) is 0 Å². The Morgan fingerprint density at radius 2 is 2.15 bits per heavy atom. The van der Waals surface area contributed by atoms with Crippen LogP contribution in [0.2, 0.25) is 0 Å². The molecule has 0 bridgehead atoms. The second kappa shape index (κ2) is 3.07. The standard InChI is InChI=1S/C10H11F2N/c11-7-1-2-10(12)9(4-7)8-3-6(8)5-13/h1-2,4,6,8H,3,5,13H2/t6-,8-/m1/s1. The fraction of sp³-hybridized carbons (Fsp3) is 0.400. The molecule has 1 aromatic rings. The molecule has 1 aliphatic carbocycles. The Bertz CT molecular complexity index is 325. The van der Waals surface area contributed by atoms with E-state index in [0.29, 0.717) is 18.0 Å². The first kappa shape index (κ1) is 8.63. The Balaban J connectivity index is 2.25. The third-order valence-electron chi connectivity index (χ3n) is 2.58. The second-order valence-electron chi connectivity index (χ2n) is 3.50. The molecule has 2 atom stereocenters. The molecular formula is C10H11F2N. The summed E-state index contributed by atoms with van der Waals surface area (Å²) >= 11 is 0. The highest BCUT2D eigenvalue weighted by Gasteiger charge is 2.38. The number of nitrogens with two attached hydrogens (primary N) is 1. The Morgan fingerprint density at radius 3 is 2.77 bits per heavy atom. The van der Waals surface area contributed by atoms with Crippen LogP contribution in [0.3, 0.4) is 0 Å². The topological polar surface area (TPSA) is 26.0 Å². The molecule has 1 aliphatic rings. The maximum Gasteiger partial charge on any atom is 0.126 e. The van der Waals surface area contributed by atoms with Crippen LogP contribution < -0.4 is 5.73 Å². The zero-order valence-corrected chi connectivity index (χ0v) is 7.13. The predicted octanol–water partition coefficient (Wildman–Crippen LogP) is 2.03. The van der Waals surface area contributed by atoms with Crippen molar-refractivity contribution < 1.29 is 8.78 Å². The van der Waals surface area contributed by atoms with Crippen molar-refractivity contribution in [3.8, 4) is 0 Å². The number of rotatable bonds is 2. The van der Waals surface area contributed by atoms with Crippen LogP contribution in [0, 0.1) is 17.6 Å². The van der Waals surface area contributed by atoms with Crippen LogP contribution in [0.25, 0.3) is 0 Å². The van der Waals surface area contributed by atoms with Crippen LogP contribution in [-0.4, -0.2) is 6.54 Å². The zero-order valence-electron chi connectivity index (χ0n) is 7.13.